The van der Waals surface area contributed by atoms with Crippen molar-refractivity contribution in [1.29, 1.82) is 0 Å². The highest BCUT2D eigenvalue weighted by molar-refractivity contribution is 7.18. The van der Waals surface area contributed by atoms with Crippen molar-refractivity contribution in [3.63, 3.8) is 0 Å². The van der Waals surface area contributed by atoms with E-state index in [0.717, 1.165) is 47.2 Å². The second kappa shape index (κ2) is 9.21. The van der Waals surface area contributed by atoms with Gasteiger partial charge in [0.1, 0.15) is 10.6 Å². The van der Waals surface area contributed by atoms with Crippen LogP contribution in [0.5, 0.6) is 5.75 Å². The molecule has 1 atom stereocenters. The number of halogens is 3. The molecule has 32 heavy (non-hydrogen) atoms. The minimum absolute atomic E-state index is 0.0296. The number of aryl methyl sites for hydroxylation is 1. The zero-order valence-electron chi connectivity index (χ0n) is 17.9. The maximum Gasteiger partial charge on any atom is 0.573 e. The molecule has 0 amide bonds. The van der Waals surface area contributed by atoms with Gasteiger partial charge in [-0.15, -0.1) is 24.5 Å². The van der Waals surface area contributed by atoms with E-state index in [-0.39, 0.29) is 17.4 Å². The number of ether oxygens (including phenoxy) is 1. The first-order valence-corrected chi connectivity index (χ1v) is 11.2. The molecule has 1 aromatic carbocycles. The molecule has 172 valence electrons. The Balaban J connectivity index is 1.41. The second-order valence-corrected chi connectivity index (χ2v) is 9.33. The van der Waals surface area contributed by atoms with Crippen LogP contribution in [0.4, 0.5) is 13.2 Å². The molecule has 6 nitrogen and oxygen atoms in total. The van der Waals surface area contributed by atoms with Crippen molar-refractivity contribution in [3.8, 4) is 5.75 Å². The number of fused-ring (bicyclic) bond motifs is 3. The quantitative estimate of drug-likeness (QED) is 0.577. The van der Waals surface area contributed by atoms with E-state index < -0.39 is 6.36 Å². The van der Waals surface area contributed by atoms with Crippen LogP contribution in [0.25, 0.3) is 10.2 Å². The summed E-state index contributed by atoms with van der Waals surface area (Å²) in [7, 11) is 3.95. The lowest BCUT2D eigenvalue weighted by atomic mass is 9.93. The molecule has 0 saturated heterocycles. The lowest BCUT2D eigenvalue weighted by Crippen LogP contribution is -2.34. The van der Waals surface area contributed by atoms with Crippen molar-refractivity contribution in [2.75, 3.05) is 20.6 Å². The first-order chi connectivity index (χ1) is 15.2. The van der Waals surface area contributed by atoms with Crippen molar-refractivity contribution < 1.29 is 17.9 Å². The van der Waals surface area contributed by atoms with Crippen molar-refractivity contribution in [1.82, 2.24) is 19.8 Å². The van der Waals surface area contributed by atoms with E-state index in [1.54, 1.807) is 34.4 Å². The Morgan fingerprint density at radius 3 is 2.72 bits per heavy atom. The van der Waals surface area contributed by atoms with Gasteiger partial charge in [0.2, 0.25) is 0 Å². The number of alkyl halides is 3. The third kappa shape index (κ3) is 5.31. The molecule has 3 aromatic rings. The summed E-state index contributed by atoms with van der Waals surface area (Å²) in [6.45, 7) is 1.93. The molecule has 0 fully saturated rings. The smallest absolute Gasteiger partial charge is 0.406 e. The summed E-state index contributed by atoms with van der Waals surface area (Å²) in [5.41, 5.74) is 2.03. The number of nitrogens with zero attached hydrogens (tertiary/aromatic N) is 3. The fraction of sp³-hybridized carbons (Fsp3) is 0.455. The van der Waals surface area contributed by atoms with Gasteiger partial charge >= 0.3 is 6.36 Å². The van der Waals surface area contributed by atoms with Crippen LogP contribution < -0.4 is 15.6 Å². The fourth-order valence-corrected chi connectivity index (χ4v) is 5.17. The molecule has 10 heteroatoms. The van der Waals surface area contributed by atoms with Crippen molar-refractivity contribution >= 4 is 21.6 Å². The summed E-state index contributed by atoms with van der Waals surface area (Å²) in [6, 6.07) is 6.13. The Labute approximate surface area is 187 Å². The van der Waals surface area contributed by atoms with E-state index in [1.807, 2.05) is 19.0 Å². The summed E-state index contributed by atoms with van der Waals surface area (Å²) < 4.78 is 42.5. The van der Waals surface area contributed by atoms with Crippen molar-refractivity contribution in [2.24, 2.45) is 0 Å². The minimum Gasteiger partial charge on any atom is -0.406 e. The maximum absolute atomic E-state index is 13.0. The molecule has 0 spiro atoms. The molecular formula is C22H25F3N4O2S. The first-order valence-electron chi connectivity index (χ1n) is 10.4. The van der Waals surface area contributed by atoms with Gasteiger partial charge in [-0.2, -0.15) is 0 Å². The number of thiophene rings is 1. The van der Waals surface area contributed by atoms with Gasteiger partial charge in [-0.1, -0.05) is 12.1 Å². The van der Waals surface area contributed by atoms with E-state index in [2.05, 4.69) is 15.0 Å². The van der Waals surface area contributed by atoms with E-state index in [1.165, 1.54) is 17.0 Å². The molecular weight excluding hydrogens is 441 g/mol. The normalized spacial score (nSPS) is 16.5. The molecule has 1 N–H and O–H groups in total. The SMILES string of the molecule is CN(C)CCn1cnc2sc3c(c2c1=O)CC[C@@H](NCc1ccc(OC(F)(F)F)cc1)C3. The van der Waals surface area contributed by atoms with Crippen LogP contribution in [-0.2, 0) is 25.9 Å². The van der Waals surface area contributed by atoms with Gasteiger partial charge in [0.15, 0.2) is 0 Å². The third-order valence-corrected chi connectivity index (χ3v) is 6.74. The first kappa shape index (κ1) is 22.8. The predicted molar refractivity (Wildman–Crippen MR) is 118 cm³/mol. The van der Waals surface area contributed by atoms with Crippen LogP contribution >= 0.6 is 11.3 Å². The number of aromatic nitrogens is 2. The number of likely N-dealkylation sites (N-methyl/N-ethyl adjacent to an activating group) is 1. The van der Waals surface area contributed by atoms with E-state index >= 15 is 0 Å². The number of benzene rings is 1. The topological polar surface area (TPSA) is 59.4 Å². The molecule has 2 heterocycles. The molecule has 0 saturated carbocycles. The summed E-state index contributed by atoms with van der Waals surface area (Å²) in [6.07, 6.45) is -0.546. The molecule has 0 unspecified atom stereocenters. The molecule has 1 aliphatic carbocycles. The average Bonchev–Trinajstić information content (AvgIpc) is 3.10. The van der Waals surface area contributed by atoms with Gasteiger partial charge < -0.3 is 15.0 Å². The van der Waals surface area contributed by atoms with Gasteiger partial charge in [0, 0.05) is 30.6 Å². The Morgan fingerprint density at radius 1 is 1.28 bits per heavy atom. The molecule has 0 radical (unpaired) electrons. The van der Waals surface area contributed by atoms with Crippen LogP contribution in [-0.4, -0.2) is 47.5 Å². The molecule has 2 aromatic heterocycles. The molecule has 0 aliphatic heterocycles. The number of hydrogen-bond acceptors (Lipinski definition) is 6. The highest BCUT2D eigenvalue weighted by atomic mass is 32.1. The largest absolute Gasteiger partial charge is 0.573 e. The highest BCUT2D eigenvalue weighted by Crippen LogP contribution is 2.33. The summed E-state index contributed by atoms with van der Waals surface area (Å²) in [4.78, 5) is 21.5. The van der Waals surface area contributed by atoms with Crippen molar-refractivity contribution in [2.45, 2.75) is 44.8 Å². The molecule has 0 bridgehead atoms. The summed E-state index contributed by atoms with van der Waals surface area (Å²) >= 11 is 1.58. The lowest BCUT2D eigenvalue weighted by molar-refractivity contribution is -0.274. The van der Waals surface area contributed by atoms with Gasteiger partial charge in [-0.3, -0.25) is 9.36 Å². The lowest BCUT2D eigenvalue weighted by Gasteiger charge is -2.23. The number of hydrogen-bond donors (Lipinski definition) is 1. The number of rotatable bonds is 7. The Bertz CT molecular complexity index is 1140. The van der Waals surface area contributed by atoms with E-state index in [0.29, 0.717) is 13.1 Å². The zero-order valence-corrected chi connectivity index (χ0v) is 18.7. The highest BCUT2D eigenvalue weighted by Gasteiger charge is 2.31. The predicted octanol–water partition coefficient (Wildman–Crippen LogP) is 3.57. The minimum atomic E-state index is -4.69. The average molecular weight is 467 g/mol. The number of nitrogens with one attached hydrogen (secondary N) is 1. The standard InChI is InChI=1S/C22H25F3N4O2S/c1-28(2)9-10-29-13-27-20-19(21(29)30)17-8-5-15(11-18(17)32-20)26-12-14-3-6-16(7-4-14)31-22(23,24)25/h3-4,6-7,13,15,26H,5,8-12H2,1-2H3/t15-/m1/s1. The Kier molecular flexibility index (Phi) is 6.55. The van der Waals surface area contributed by atoms with Gasteiger partial charge in [-0.05, 0) is 56.6 Å². The van der Waals surface area contributed by atoms with E-state index in [9.17, 15) is 18.0 Å². The van der Waals surface area contributed by atoms with Crippen LogP contribution in [0.1, 0.15) is 22.4 Å². The van der Waals surface area contributed by atoms with Crippen LogP contribution in [0.15, 0.2) is 35.4 Å². The summed E-state index contributed by atoms with van der Waals surface area (Å²) in [5.74, 6) is -0.224. The fourth-order valence-electron chi connectivity index (χ4n) is 3.91. The third-order valence-electron chi connectivity index (χ3n) is 5.58. The Morgan fingerprint density at radius 2 is 2.03 bits per heavy atom. The van der Waals surface area contributed by atoms with Gasteiger partial charge in [-0.25, -0.2) is 4.98 Å². The zero-order chi connectivity index (χ0) is 22.9. The van der Waals surface area contributed by atoms with Gasteiger partial charge in [0.05, 0.1) is 11.7 Å². The summed E-state index contributed by atoms with van der Waals surface area (Å²) in [5, 5.41) is 4.24. The monoisotopic (exact) mass is 466 g/mol. The van der Waals surface area contributed by atoms with Gasteiger partial charge in [0.25, 0.3) is 5.56 Å². The van der Waals surface area contributed by atoms with Crippen LogP contribution in [0.2, 0.25) is 0 Å². The van der Waals surface area contributed by atoms with Crippen LogP contribution in [0.3, 0.4) is 0 Å². The van der Waals surface area contributed by atoms with Crippen molar-refractivity contribution in [3.05, 3.63) is 57.0 Å². The maximum atomic E-state index is 13.0. The second-order valence-electron chi connectivity index (χ2n) is 8.24. The Hall–Kier alpha value is -2.43. The molecule has 4 rings (SSSR count). The van der Waals surface area contributed by atoms with E-state index in [4.69, 9.17) is 0 Å². The van der Waals surface area contributed by atoms with Crippen LogP contribution in [0, 0.1) is 0 Å². The molecule has 1 aliphatic rings.